The average molecular weight is 606 g/mol. The van der Waals surface area contributed by atoms with Gasteiger partial charge in [-0.3, -0.25) is 14.3 Å². The van der Waals surface area contributed by atoms with E-state index in [1.54, 1.807) is 41.2 Å². The molecule has 1 aliphatic heterocycles. The maximum atomic E-state index is 14.1. The van der Waals surface area contributed by atoms with Crippen molar-refractivity contribution in [2.24, 2.45) is 0 Å². The van der Waals surface area contributed by atoms with Crippen molar-refractivity contribution in [3.63, 3.8) is 0 Å². The number of amides is 1. The highest BCUT2D eigenvalue weighted by molar-refractivity contribution is 6.05. The highest BCUT2D eigenvalue weighted by Gasteiger charge is 2.34. The van der Waals surface area contributed by atoms with Gasteiger partial charge < -0.3 is 20.9 Å². The van der Waals surface area contributed by atoms with Gasteiger partial charge in [-0.15, -0.1) is 0 Å². The highest BCUT2D eigenvalue weighted by atomic mass is 19.4. The number of piperazine rings is 1. The fourth-order valence-electron chi connectivity index (χ4n) is 5.21. The van der Waals surface area contributed by atoms with Gasteiger partial charge in [0.25, 0.3) is 5.91 Å². The molecule has 3 heterocycles. The van der Waals surface area contributed by atoms with Crippen LogP contribution in [0, 0.1) is 0 Å². The minimum atomic E-state index is -4.55. The lowest BCUT2D eigenvalue weighted by atomic mass is 10.0. The van der Waals surface area contributed by atoms with E-state index in [2.05, 4.69) is 42.7 Å². The Morgan fingerprint density at radius 3 is 2.50 bits per heavy atom. The third-order valence-electron chi connectivity index (χ3n) is 7.83. The Morgan fingerprint density at radius 1 is 0.955 bits per heavy atom. The molecule has 0 spiro atoms. The number of anilines is 4. The van der Waals surface area contributed by atoms with E-state index in [1.165, 1.54) is 18.5 Å². The number of rotatable bonds is 10. The number of nitrogens with zero attached hydrogens (tertiary/aromatic N) is 6. The van der Waals surface area contributed by atoms with Gasteiger partial charge in [0.05, 0.1) is 5.56 Å². The Hall–Kier alpha value is -4.49. The third kappa shape index (κ3) is 7.17. The summed E-state index contributed by atoms with van der Waals surface area (Å²) in [7, 11) is 0. The van der Waals surface area contributed by atoms with E-state index in [0.29, 0.717) is 36.6 Å². The first-order valence-corrected chi connectivity index (χ1v) is 14.7. The summed E-state index contributed by atoms with van der Waals surface area (Å²) in [5, 5.41) is 9.18. The summed E-state index contributed by atoms with van der Waals surface area (Å²) < 4.78 is 43.9. The van der Waals surface area contributed by atoms with Gasteiger partial charge in [-0.05, 0) is 55.3 Å². The molecule has 0 radical (unpaired) electrons. The van der Waals surface area contributed by atoms with E-state index in [1.807, 2.05) is 11.0 Å². The number of hydrogen-bond donors (Lipinski definition) is 3. The quantitative estimate of drug-likeness (QED) is 0.221. The van der Waals surface area contributed by atoms with Crippen LogP contribution in [0.4, 0.5) is 36.3 Å². The van der Waals surface area contributed by atoms with Gasteiger partial charge in [-0.1, -0.05) is 19.1 Å². The molecule has 2 aliphatic rings. The number of hydrogen-bond acceptors (Lipinski definition) is 8. The second-order valence-corrected chi connectivity index (χ2v) is 11.0. The number of halogens is 3. The number of benzene rings is 2. The van der Waals surface area contributed by atoms with Crippen molar-refractivity contribution in [3.8, 4) is 5.82 Å². The molecule has 1 aliphatic carbocycles. The van der Waals surface area contributed by atoms with Gasteiger partial charge in [0.15, 0.2) is 0 Å². The zero-order valence-electron chi connectivity index (χ0n) is 24.3. The molecule has 0 unspecified atom stereocenters. The second-order valence-electron chi connectivity index (χ2n) is 11.0. The van der Waals surface area contributed by atoms with Crippen molar-refractivity contribution >= 4 is 29.0 Å². The fourth-order valence-corrected chi connectivity index (χ4v) is 5.21. The van der Waals surface area contributed by atoms with E-state index < -0.39 is 17.6 Å². The second kappa shape index (κ2) is 12.6. The lowest BCUT2D eigenvalue weighted by molar-refractivity contribution is -0.138. The van der Waals surface area contributed by atoms with Crippen molar-refractivity contribution in [1.29, 1.82) is 0 Å². The Labute approximate surface area is 253 Å². The summed E-state index contributed by atoms with van der Waals surface area (Å²) in [6.45, 7) is 6.32. The molecule has 1 saturated heterocycles. The number of carbonyl (C=O) groups excluding carboxylic acids is 1. The van der Waals surface area contributed by atoms with E-state index in [-0.39, 0.29) is 23.4 Å². The van der Waals surface area contributed by atoms with Crippen molar-refractivity contribution in [2.75, 3.05) is 48.7 Å². The van der Waals surface area contributed by atoms with Crippen LogP contribution in [-0.2, 0) is 12.7 Å². The molecule has 0 bridgehead atoms. The van der Waals surface area contributed by atoms with Crippen LogP contribution in [0.3, 0.4) is 0 Å². The fraction of sp³-hybridized carbons (Fsp3) is 0.355. The molecule has 2 fully saturated rings. The van der Waals surface area contributed by atoms with Crippen molar-refractivity contribution in [2.45, 2.75) is 38.5 Å². The molecular weight excluding hydrogens is 571 g/mol. The molecule has 0 atom stereocenters. The first kappa shape index (κ1) is 29.6. The third-order valence-corrected chi connectivity index (χ3v) is 7.83. The van der Waals surface area contributed by atoms with Gasteiger partial charge in [-0.2, -0.15) is 13.2 Å². The van der Waals surface area contributed by atoms with Gasteiger partial charge in [0.1, 0.15) is 18.0 Å². The SMILES string of the molecule is CCN1CCN(Cc2ccc(NC(=O)c3cccc(Nc4nccn4-c4cc(NC5CC5)ncn4)c3)cc2C(F)(F)F)CC1. The number of likely N-dealkylation sites (N-methyl/N-ethyl adjacent to an activating group) is 1. The molecule has 4 aromatic rings. The summed E-state index contributed by atoms with van der Waals surface area (Å²) in [4.78, 5) is 30.5. The standard InChI is InChI=1S/C31H34F3N9O/c1-2-41-12-14-42(15-13-41)19-22-6-7-25(17-26(22)31(32,33)34)39-29(44)21-4-3-5-24(16-21)40-30-35-10-11-43(30)28-18-27(36-20-37-28)38-23-8-9-23/h3-7,10-11,16-18,20,23H,2,8-9,12-15,19H2,1H3,(H,35,40)(H,39,44)(H,36,37,38). The zero-order valence-corrected chi connectivity index (χ0v) is 24.3. The maximum Gasteiger partial charge on any atom is 0.416 e. The molecular formula is C31H34F3N9O. The van der Waals surface area contributed by atoms with Crippen molar-refractivity contribution < 1.29 is 18.0 Å². The van der Waals surface area contributed by atoms with Crippen LogP contribution in [0.2, 0.25) is 0 Å². The number of aromatic nitrogens is 4. The van der Waals surface area contributed by atoms with Crippen molar-refractivity contribution in [3.05, 3.63) is 83.9 Å². The van der Waals surface area contributed by atoms with Crippen LogP contribution >= 0.6 is 0 Å². The van der Waals surface area contributed by atoms with Gasteiger partial charge >= 0.3 is 6.18 Å². The van der Waals surface area contributed by atoms with E-state index in [9.17, 15) is 18.0 Å². The molecule has 13 heteroatoms. The Bertz CT molecular complexity index is 1610. The molecule has 1 saturated carbocycles. The van der Waals surface area contributed by atoms with Crippen LogP contribution in [-0.4, -0.2) is 74.0 Å². The first-order chi connectivity index (χ1) is 21.2. The number of carbonyl (C=O) groups is 1. The predicted octanol–water partition coefficient (Wildman–Crippen LogP) is 5.39. The summed E-state index contributed by atoms with van der Waals surface area (Å²) >= 11 is 0. The van der Waals surface area contributed by atoms with E-state index in [0.717, 1.165) is 44.4 Å². The normalized spacial score (nSPS) is 16.1. The molecule has 2 aromatic heterocycles. The molecule has 10 nitrogen and oxygen atoms in total. The molecule has 1 amide bonds. The zero-order chi connectivity index (χ0) is 30.7. The Morgan fingerprint density at radius 2 is 1.75 bits per heavy atom. The van der Waals surface area contributed by atoms with Crippen LogP contribution in [0.15, 0.2) is 67.3 Å². The Kier molecular flexibility index (Phi) is 8.49. The number of imidazole rings is 1. The smallest absolute Gasteiger partial charge is 0.367 e. The maximum absolute atomic E-state index is 14.1. The average Bonchev–Trinajstić information content (AvgIpc) is 3.71. The van der Waals surface area contributed by atoms with Gasteiger partial charge in [-0.25, -0.2) is 15.0 Å². The molecule has 230 valence electrons. The summed E-state index contributed by atoms with van der Waals surface area (Å²) in [5.74, 6) is 1.29. The molecule has 6 rings (SSSR count). The van der Waals surface area contributed by atoms with Crippen LogP contribution in [0.25, 0.3) is 5.82 Å². The molecule has 3 N–H and O–H groups in total. The van der Waals surface area contributed by atoms with Crippen LogP contribution < -0.4 is 16.0 Å². The minimum Gasteiger partial charge on any atom is -0.367 e. The van der Waals surface area contributed by atoms with E-state index >= 15 is 0 Å². The topological polar surface area (TPSA) is 103 Å². The summed E-state index contributed by atoms with van der Waals surface area (Å²) in [6.07, 6.45) is 2.56. The monoisotopic (exact) mass is 605 g/mol. The lowest BCUT2D eigenvalue weighted by Gasteiger charge is -2.34. The summed E-state index contributed by atoms with van der Waals surface area (Å²) in [5.41, 5.74) is 0.384. The predicted molar refractivity (Wildman–Crippen MR) is 162 cm³/mol. The number of nitrogens with one attached hydrogen (secondary N) is 3. The lowest BCUT2D eigenvalue weighted by Crippen LogP contribution is -2.45. The van der Waals surface area contributed by atoms with Crippen LogP contribution in [0.5, 0.6) is 0 Å². The van der Waals surface area contributed by atoms with Crippen LogP contribution in [0.1, 0.15) is 41.3 Å². The highest BCUT2D eigenvalue weighted by Crippen LogP contribution is 2.35. The Balaban J connectivity index is 1.14. The molecule has 44 heavy (non-hydrogen) atoms. The number of alkyl halides is 3. The molecule has 2 aromatic carbocycles. The summed E-state index contributed by atoms with van der Waals surface area (Å²) in [6, 6.07) is 13.0. The minimum absolute atomic E-state index is 0.0788. The largest absolute Gasteiger partial charge is 0.416 e. The van der Waals surface area contributed by atoms with Gasteiger partial charge in [0.2, 0.25) is 5.95 Å². The van der Waals surface area contributed by atoms with E-state index in [4.69, 9.17) is 0 Å². The first-order valence-electron chi connectivity index (χ1n) is 14.7. The van der Waals surface area contributed by atoms with Crippen molar-refractivity contribution in [1.82, 2.24) is 29.3 Å². The van der Waals surface area contributed by atoms with Gasteiger partial charge in [0, 0.05) is 74.2 Å².